The first-order valence-corrected chi connectivity index (χ1v) is 7.21. The van der Waals surface area contributed by atoms with Gasteiger partial charge in [-0.25, -0.2) is 0 Å². The van der Waals surface area contributed by atoms with Crippen molar-refractivity contribution in [3.05, 3.63) is 52.3 Å². The van der Waals surface area contributed by atoms with E-state index in [-0.39, 0.29) is 18.4 Å². The van der Waals surface area contributed by atoms with Gasteiger partial charge >= 0.3 is 0 Å². The van der Waals surface area contributed by atoms with Gasteiger partial charge in [-0.15, -0.1) is 0 Å². The molecular weight excluding hydrogens is 334 g/mol. The van der Waals surface area contributed by atoms with Crippen molar-refractivity contribution in [1.29, 1.82) is 0 Å². The zero-order valence-corrected chi connectivity index (χ0v) is 13.4. The molecule has 0 unspecified atom stereocenters. The number of H-pyrrole nitrogens is 1. The summed E-state index contributed by atoms with van der Waals surface area (Å²) in [5, 5.41) is 2.80. The van der Waals surface area contributed by atoms with Crippen LogP contribution in [0.25, 0.3) is 0 Å². The van der Waals surface area contributed by atoms with Crippen LogP contribution in [0.5, 0.6) is 0 Å². The summed E-state index contributed by atoms with van der Waals surface area (Å²) in [7, 11) is 1.59. The van der Waals surface area contributed by atoms with E-state index >= 15 is 0 Å². The minimum atomic E-state index is -0.233. The molecule has 1 aromatic carbocycles. The largest absolute Gasteiger partial charge is 0.357 e. The Hall–Kier alpha value is -2.08. The molecule has 0 bridgehead atoms. The standard InChI is InChI=1S/C15H16BrN3O2/c1-10-8-11(16)5-6-12(10)18-14(20)9-19(2)15(21)13-4-3-7-17-13/h3-8,17H,9H2,1-2H3,(H,18,20). The Labute approximate surface area is 131 Å². The van der Waals surface area contributed by atoms with Gasteiger partial charge in [-0.05, 0) is 42.8 Å². The molecule has 2 aromatic rings. The Kier molecular flexibility index (Phi) is 4.80. The minimum absolute atomic E-state index is 0.00659. The molecule has 0 aliphatic heterocycles. The molecule has 2 amide bonds. The number of halogens is 1. The first-order valence-electron chi connectivity index (χ1n) is 6.42. The zero-order valence-electron chi connectivity index (χ0n) is 11.8. The van der Waals surface area contributed by atoms with Crippen LogP contribution in [-0.4, -0.2) is 35.3 Å². The van der Waals surface area contributed by atoms with E-state index in [0.29, 0.717) is 5.69 Å². The molecule has 110 valence electrons. The van der Waals surface area contributed by atoms with Gasteiger partial charge in [0.2, 0.25) is 5.91 Å². The lowest BCUT2D eigenvalue weighted by Gasteiger charge is -2.16. The predicted octanol–water partition coefficient (Wildman–Crippen LogP) is 2.80. The Morgan fingerprint density at radius 1 is 1.33 bits per heavy atom. The zero-order chi connectivity index (χ0) is 15.4. The summed E-state index contributed by atoms with van der Waals surface area (Å²) in [4.78, 5) is 28.2. The third kappa shape index (κ3) is 3.95. The van der Waals surface area contributed by atoms with Crippen LogP contribution in [0.1, 0.15) is 16.1 Å². The number of aryl methyl sites for hydroxylation is 1. The smallest absolute Gasteiger partial charge is 0.270 e. The third-order valence-corrected chi connectivity index (χ3v) is 3.51. The quantitative estimate of drug-likeness (QED) is 0.891. The third-order valence-electron chi connectivity index (χ3n) is 3.02. The summed E-state index contributed by atoms with van der Waals surface area (Å²) in [6, 6.07) is 9.02. The van der Waals surface area contributed by atoms with E-state index in [9.17, 15) is 9.59 Å². The summed E-state index contributed by atoms with van der Waals surface area (Å²) in [6.07, 6.45) is 1.67. The number of nitrogens with zero attached hydrogens (tertiary/aromatic N) is 1. The molecule has 6 heteroatoms. The predicted molar refractivity (Wildman–Crippen MR) is 85.3 cm³/mol. The highest BCUT2D eigenvalue weighted by molar-refractivity contribution is 9.10. The Balaban J connectivity index is 1.96. The van der Waals surface area contributed by atoms with Crippen LogP contribution in [0.15, 0.2) is 41.0 Å². The van der Waals surface area contributed by atoms with E-state index in [1.165, 1.54) is 4.90 Å². The van der Waals surface area contributed by atoms with Gasteiger partial charge in [0.1, 0.15) is 5.69 Å². The molecule has 2 rings (SSSR count). The van der Waals surface area contributed by atoms with Gasteiger partial charge in [0.25, 0.3) is 5.91 Å². The van der Waals surface area contributed by atoms with Gasteiger partial charge in [0, 0.05) is 23.4 Å². The molecule has 0 fully saturated rings. The Morgan fingerprint density at radius 3 is 2.71 bits per heavy atom. The van der Waals surface area contributed by atoms with E-state index in [1.54, 1.807) is 25.4 Å². The van der Waals surface area contributed by atoms with Gasteiger partial charge in [-0.3, -0.25) is 9.59 Å². The van der Waals surface area contributed by atoms with E-state index in [4.69, 9.17) is 0 Å². The second kappa shape index (κ2) is 6.58. The van der Waals surface area contributed by atoms with E-state index in [1.807, 2.05) is 25.1 Å². The van der Waals surface area contributed by atoms with Crippen molar-refractivity contribution in [2.24, 2.45) is 0 Å². The van der Waals surface area contributed by atoms with Gasteiger partial charge in [-0.1, -0.05) is 15.9 Å². The summed E-state index contributed by atoms with van der Waals surface area (Å²) in [5.74, 6) is -0.453. The molecular formula is C15H16BrN3O2. The second-order valence-corrected chi connectivity index (χ2v) is 5.67. The monoisotopic (exact) mass is 349 g/mol. The summed E-state index contributed by atoms with van der Waals surface area (Å²) < 4.78 is 0.956. The number of likely N-dealkylation sites (N-methyl/N-ethyl adjacent to an activating group) is 1. The molecule has 0 aliphatic rings. The SMILES string of the molecule is Cc1cc(Br)ccc1NC(=O)CN(C)C(=O)c1ccc[nH]1. The van der Waals surface area contributed by atoms with Gasteiger partial charge in [-0.2, -0.15) is 0 Å². The van der Waals surface area contributed by atoms with Crippen molar-refractivity contribution in [3.63, 3.8) is 0 Å². The maximum Gasteiger partial charge on any atom is 0.270 e. The number of nitrogens with one attached hydrogen (secondary N) is 2. The van der Waals surface area contributed by atoms with Crippen LogP contribution in [0.2, 0.25) is 0 Å². The van der Waals surface area contributed by atoms with Crippen molar-refractivity contribution >= 4 is 33.4 Å². The van der Waals surface area contributed by atoms with Crippen LogP contribution in [0, 0.1) is 6.92 Å². The normalized spacial score (nSPS) is 10.2. The average Bonchev–Trinajstić information content (AvgIpc) is 2.95. The number of hydrogen-bond donors (Lipinski definition) is 2. The first kappa shape index (κ1) is 15.3. The lowest BCUT2D eigenvalue weighted by molar-refractivity contribution is -0.116. The highest BCUT2D eigenvalue weighted by atomic mass is 79.9. The van der Waals surface area contributed by atoms with Crippen molar-refractivity contribution in [2.75, 3.05) is 18.9 Å². The van der Waals surface area contributed by atoms with Crippen molar-refractivity contribution in [2.45, 2.75) is 6.92 Å². The van der Waals surface area contributed by atoms with Crippen LogP contribution < -0.4 is 5.32 Å². The Morgan fingerprint density at radius 2 is 2.10 bits per heavy atom. The molecule has 0 saturated carbocycles. The number of hydrogen-bond acceptors (Lipinski definition) is 2. The number of anilines is 1. The van der Waals surface area contributed by atoms with Crippen LogP contribution in [0.3, 0.4) is 0 Å². The highest BCUT2D eigenvalue weighted by Crippen LogP contribution is 2.19. The number of rotatable bonds is 4. The molecule has 2 N–H and O–H groups in total. The Bertz CT molecular complexity index is 653. The van der Waals surface area contributed by atoms with Crippen molar-refractivity contribution in [3.8, 4) is 0 Å². The average molecular weight is 350 g/mol. The lowest BCUT2D eigenvalue weighted by Crippen LogP contribution is -2.35. The fourth-order valence-electron chi connectivity index (χ4n) is 1.91. The van der Waals surface area contributed by atoms with Crippen LogP contribution in [-0.2, 0) is 4.79 Å². The van der Waals surface area contributed by atoms with Gasteiger partial charge < -0.3 is 15.2 Å². The minimum Gasteiger partial charge on any atom is -0.357 e. The maximum absolute atomic E-state index is 12.0. The number of aromatic amines is 1. The van der Waals surface area contributed by atoms with Gasteiger partial charge in [0.05, 0.1) is 6.54 Å². The number of carbonyl (C=O) groups excluding carboxylic acids is 2. The lowest BCUT2D eigenvalue weighted by atomic mass is 10.2. The molecule has 0 saturated heterocycles. The molecule has 0 radical (unpaired) electrons. The first-order chi connectivity index (χ1) is 9.97. The molecule has 0 atom stereocenters. The van der Waals surface area contributed by atoms with Crippen LogP contribution >= 0.6 is 15.9 Å². The van der Waals surface area contributed by atoms with E-state index in [0.717, 1.165) is 15.7 Å². The second-order valence-electron chi connectivity index (χ2n) is 4.75. The molecule has 1 aromatic heterocycles. The molecule has 0 spiro atoms. The number of benzene rings is 1. The molecule has 5 nitrogen and oxygen atoms in total. The van der Waals surface area contributed by atoms with Crippen molar-refractivity contribution < 1.29 is 9.59 Å². The van der Waals surface area contributed by atoms with Gasteiger partial charge in [0.15, 0.2) is 0 Å². The number of carbonyl (C=O) groups is 2. The summed E-state index contributed by atoms with van der Waals surface area (Å²) in [6.45, 7) is 1.90. The van der Waals surface area contributed by atoms with Crippen LogP contribution in [0.4, 0.5) is 5.69 Å². The molecule has 21 heavy (non-hydrogen) atoms. The highest BCUT2D eigenvalue weighted by Gasteiger charge is 2.15. The topological polar surface area (TPSA) is 65.2 Å². The fraction of sp³-hybridized carbons (Fsp3) is 0.200. The van der Waals surface area contributed by atoms with E-state index < -0.39 is 0 Å². The fourth-order valence-corrected chi connectivity index (χ4v) is 2.39. The molecule has 1 heterocycles. The summed E-state index contributed by atoms with van der Waals surface area (Å²) >= 11 is 3.37. The maximum atomic E-state index is 12.0. The number of aromatic nitrogens is 1. The molecule has 0 aliphatic carbocycles. The number of amides is 2. The van der Waals surface area contributed by atoms with Crippen molar-refractivity contribution in [1.82, 2.24) is 9.88 Å². The van der Waals surface area contributed by atoms with E-state index in [2.05, 4.69) is 26.2 Å². The summed E-state index contributed by atoms with van der Waals surface area (Å²) in [5.41, 5.74) is 2.16.